The number of hydrazone groups is 1. The van der Waals surface area contributed by atoms with E-state index in [-0.39, 0.29) is 5.91 Å². The minimum atomic E-state index is -0.353. The number of carbonyl (C=O) groups is 1. The molecule has 2 rings (SSSR count). The van der Waals surface area contributed by atoms with E-state index < -0.39 is 0 Å². The molecule has 1 N–H and O–H groups in total. The van der Waals surface area contributed by atoms with Gasteiger partial charge >= 0.3 is 0 Å². The zero-order valence-corrected chi connectivity index (χ0v) is 15.2. The van der Waals surface area contributed by atoms with Gasteiger partial charge in [-0.25, -0.2) is 5.43 Å². The molecule has 0 aliphatic carbocycles. The van der Waals surface area contributed by atoms with Crippen molar-refractivity contribution in [2.75, 3.05) is 21.3 Å². The third-order valence-corrected chi connectivity index (χ3v) is 3.73. The molecular weight excluding hydrogens is 344 g/mol. The Bertz CT molecular complexity index is 780. The van der Waals surface area contributed by atoms with E-state index in [1.54, 1.807) is 43.3 Å². The molecule has 0 atom stereocenters. The molecule has 1 amide bonds. The van der Waals surface area contributed by atoms with Crippen molar-refractivity contribution in [2.24, 2.45) is 5.10 Å². The van der Waals surface area contributed by atoms with Gasteiger partial charge in [0.1, 0.15) is 0 Å². The van der Waals surface area contributed by atoms with E-state index in [1.165, 1.54) is 21.3 Å². The summed E-state index contributed by atoms with van der Waals surface area (Å²) < 4.78 is 15.9. The summed E-state index contributed by atoms with van der Waals surface area (Å²) in [6.45, 7) is 1.76. The number of benzene rings is 2. The van der Waals surface area contributed by atoms with Gasteiger partial charge in [0, 0.05) is 16.1 Å². The maximum absolute atomic E-state index is 12.1. The number of nitrogens with zero attached hydrogens (tertiary/aromatic N) is 1. The van der Waals surface area contributed by atoms with E-state index in [1.807, 2.05) is 0 Å². The second kappa shape index (κ2) is 8.39. The Morgan fingerprint density at radius 3 is 2.16 bits per heavy atom. The van der Waals surface area contributed by atoms with Crippen molar-refractivity contribution in [1.29, 1.82) is 0 Å². The zero-order chi connectivity index (χ0) is 18.4. The van der Waals surface area contributed by atoms with Gasteiger partial charge in [-0.3, -0.25) is 4.79 Å². The number of ether oxygens (including phenoxy) is 3. The predicted octanol–water partition coefficient (Wildman–Crippen LogP) is 3.52. The highest BCUT2D eigenvalue weighted by atomic mass is 35.5. The molecular formula is C18H19ClN2O4. The molecule has 6 nitrogen and oxygen atoms in total. The first-order valence-electron chi connectivity index (χ1n) is 7.40. The molecule has 0 aromatic heterocycles. The summed E-state index contributed by atoms with van der Waals surface area (Å²) in [4.78, 5) is 12.1. The molecule has 0 radical (unpaired) electrons. The van der Waals surface area contributed by atoms with Crippen LogP contribution in [0.5, 0.6) is 17.2 Å². The number of hydrogen-bond donors (Lipinski definition) is 1. The van der Waals surface area contributed by atoms with Crippen LogP contribution in [0.2, 0.25) is 5.02 Å². The Hall–Kier alpha value is -2.73. The molecule has 0 aliphatic rings. The first kappa shape index (κ1) is 18.6. The largest absolute Gasteiger partial charge is 0.493 e. The number of nitrogens with one attached hydrogen (secondary N) is 1. The van der Waals surface area contributed by atoms with Crippen LogP contribution in [0.1, 0.15) is 22.8 Å². The molecule has 0 heterocycles. The molecule has 0 saturated heterocycles. The van der Waals surface area contributed by atoms with Gasteiger partial charge < -0.3 is 14.2 Å². The molecule has 0 fully saturated rings. The molecule has 0 bridgehead atoms. The molecule has 2 aromatic carbocycles. The second-order valence-electron chi connectivity index (χ2n) is 5.06. The topological polar surface area (TPSA) is 69.2 Å². The highest BCUT2D eigenvalue weighted by Gasteiger charge is 2.14. The first-order valence-corrected chi connectivity index (χ1v) is 7.78. The average Bonchev–Trinajstić information content (AvgIpc) is 2.64. The predicted molar refractivity (Wildman–Crippen MR) is 97.2 cm³/mol. The summed E-state index contributed by atoms with van der Waals surface area (Å²) in [7, 11) is 4.61. The molecule has 25 heavy (non-hydrogen) atoms. The monoisotopic (exact) mass is 362 g/mol. The Labute approximate surface area is 151 Å². The Morgan fingerprint density at radius 1 is 1.00 bits per heavy atom. The lowest BCUT2D eigenvalue weighted by atomic mass is 10.1. The summed E-state index contributed by atoms with van der Waals surface area (Å²) >= 11 is 5.89. The van der Waals surface area contributed by atoms with Crippen LogP contribution >= 0.6 is 11.6 Å². The van der Waals surface area contributed by atoms with Gasteiger partial charge in [0.2, 0.25) is 5.75 Å². The van der Waals surface area contributed by atoms with E-state index in [9.17, 15) is 4.79 Å². The smallest absolute Gasteiger partial charge is 0.271 e. The maximum Gasteiger partial charge on any atom is 0.271 e. The van der Waals surface area contributed by atoms with E-state index >= 15 is 0 Å². The Kier molecular flexibility index (Phi) is 6.25. The molecule has 2 aromatic rings. The highest BCUT2D eigenvalue weighted by Crippen LogP contribution is 2.38. The van der Waals surface area contributed by atoms with Crippen molar-refractivity contribution < 1.29 is 19.0 Å². The zero-order valence-electron chi connectivity index (χ0n) is 14.4. The third kappa shape index (κ3) is 4.42. The van der Waals surface area contributed by atoms with Crippen LogP contribution in [0.4, 0.5) is 0 Å². The fraction of sp³-hybridized carbons (Fsp3) is 0.222. The van der Waals surface area contributed by atoms with Crippen LogP contribution in [-0.4, -0.2) is 32.9 Å². The highest BCUT2D eigenvalue weighted by molar-refractivity contribution is 6.30. The average molecular weight is 363 g/mol. The Morgan fingerprint density at radius 2 is 1.64 bits per heavy atom. The summed E-state index contributed by atoms with van der Waals surface area (Å²) in [5, 5.41) is 4.61. The summed E-state index contributed by atoms with van der Waals surface area (Å²) in [5.74, 6) is 1.15. The number of carbonyl (C=O) groups excluding carboxylic acids is 1. The van der Waals surface area contributed by atoms with Crippen molar-refractivity contribution >= 4 is 23.2 Å². The normalized spacial score (nSPS) is 11.0. The van der Waals surface area contributed by atoms with Gasteiger partial charge in [-0.1, -0.05) is 17.7 Å². The van der Waals surface area contributed by atoms with Crippen molar-refractivity contribution in [2.45, 2.75) is 6.92 Å². The molecule has 0 aliphatic heterocycles. The third-order valence-electron chi connectivity index (χ3n) is 3.49. The lowest BCUT2D eigenvalue weighted by Crippen LogP contribution is -2.19. The van der Waals surface area contributed by atoms with Gasteiger partial charge in [-0.15, -0.1) is 0 Å². The van der Waals surface area contributed by atoms with Crippen LogP contribution in [-0.2, 0) is 0 Å². The number of amides is 1. The fourth-order valence-electron chi connectivity index (χ4n) is 2.18. The van der Waals surface area contributed by atoms with E-state index in [0.29, 0.717) is 33.5 Å². The van der Waals surface area contributed by atoms with Crippen molar-refractivity contribution in [3.8, 4) is 17.2 Å². The molecule has 0 saturated carbocycles. The summed E-state index contributed by atoms with van der Waals surface area (Å²) in [6.07, 6.45) is 0. The molecule has 7 heteroatoms. The van der Waals surface area contributed by atoms with Crippen LogP contribution in [0.15, 0.2) is 41.5 Å². The lowest BCUT2D eigenvalue weighted by molar-refractivity contribution is 0.0955. The SMILES string of the molecule is COc1cc(/C(C)=N/NC(=O)c2cccc(Cl)c2)cc(OC)c1OC. The van der Waals surface area contributed by atoms with Crippen molar-refractivity contribution in [1.82, 2.24) is 5.43 Å². The maximum atomic E-state index is 12.1. The fourth-order valence-corrected chi connectivity index (χ4v) is 2.37. The quantitative estimate of drug-likeness (QED) is 0.630. The number of methoxy groups -OCH3 is 3. The van der Waals surface area contributed by atoms with Gasteiger partial charge in [0.25, 0.3) is 5.91 Å². The van der Waals surface area contributed by atoms with Gasteiger partial charge in [0.15, 0.2) is 11.5 Å². The van der Waals surface area contributed by atoms with Crippen LogP contribution in [0.3, 0.4) is 0 Å². The molecule has 132 valence electrons. The van der Waals surface area contributed by atoms with Crippen LogP contribution in [0, 0.1) is 0 Å². The minimum Gasteiger partial charge on any atom is -0.493 e. The lowest BCUT2D eigenvalue weighted by Gasteiger charge is -2.14. The number of hydrogen-bond acceptors (Lipinski definition) is 5. The van der Waals surface area contributed by atoms with Crippen molar-refractivity contribution in [3.63, 3.8) is 0 Å². The Balaban J connectivity index is 2.26. The summed E-state index contributed by atoms with van der Waals surface area (Å²) in [5.41, 5.74) is 4.23. The van der Waals surface area contributed by atoms with Gasteiger partial charge in [-0.2, -0.15) is 5.10 Å². The van der Waals surface area contributed by atoms with E-state index in [0.717, 1.165) is 5.56 Å². The minimum absolute atomic E-state index is 0.353. The van der Waals surface area contributed by atoms with Gasteiger partial charge in [0.05, 0.1) is 27.0 Å². The van der Waals surface area contributed by atoms with Gasteiger partial charge in [-0.05, 0) is 37.3 Å². The molecule has 0 spiro atoms. The number of halogens is 1. The summed E-state index contributed by atoms with van der Waals surface area (Å²) in [6, 6.07) is 10.1. The van der Waals surface area contributed by atoms with E-state index in [2.05, 4.69) is 10.5 Å². The number of rotatable bonds is 6. The molecule has 0 unspecified atom stereocenters. The second-order valence-corrected chi connectivity index (χ2v) is 5.50. The van der Waals surface area contributed by atoms with Crippen LogP contribution < -0.4 is 19.6 Å². The van der Waals surface area contributed by atoms with Crippen LogP contribution in [0.25, 0.3) is 0 Å². The van der Waals surface area contributed by atoms with Crippen molar-refractivity contribution in [3.05, 3.63) is 52.5 Å². The van der Waals surface area contributed by atoms with E-state index in [4.69, 9.17) is 25.8 Å². The first-order chi connectivity index (χ1) is 12.0. The standard InChI is InChI=1S/C18H19ClN2O4/c1-11(20-21-18(22)12-6-5-7-14(19)8-12)13-9-15(23-2)17(25-4)16(10-13)24-3/h5-10H,1-4H3,(H,21,22)/b20-11+.